The lowest BCUT2D eigenvalue weighted by Gasteiger charge is -2.09. The zero-order chi connectivity index (χ0) is 21.0. The molecule has 2 aromatic heterocycles. The van der Waals surface area contributed by atoms with Crippen molar-refractivity contribution in [1.29, 1.82) is 0 Å². The molecule has 0 saturated carbocycles. The number of aromatic nitrogens is 1. The number of pyridine rings is 1. The van der Waals surface area contributed by atoms with E-state index in [1.807, 2.05) is 18.2 Å². The van der Waals surface area contributed by atoms with Crippen molar-refractivity contribution in [3.63, 3.8) is 0 Å². The molecule has 0 unspecified atom stereocenters. The maximum absolute atomic E-state index is 12.8. The summed E-state index contributed by atoms with van der Waals surface area (Å²) in [5.41, 5.74) is 2.20. The van der Waals surface area contributed by atoms with Crippen molar-refractivity contribution in [3.05, 3.63) is 63.4 Å². The van der Waals surface area contributed by atoms with Gasteiger partial charge in [-0.1, -0.05) is 17.7 Å². The fourth-order valence-corrected chi connectivity index (χ4v) is 4.46. The number of hydrogen-bond donors (Lipinski definition) is 2. The van der Waals surface area contributed by atoms with E-state index in [0.29, 0.717) is 17.2 Å². The summed E-state index contributed by atoms with van der Waals surface area (Å²) in [6.45, 7) is 0.351. The summed E-state index contributed by atoms with van der Waals surface area (Å²) in [4.78, 5) is 18.5. The van der Waals surface area contributed by atoms with E-state index >= 15 is 0 Å². The first-order chi connectivity index (χ1) is 13.7. The Morgan fingerprint density at radius 2 is 1.97 bits per heavy atom. The predicted octanol–water partition coefficient (Wildman–Crippen LogP) is 4.23. The maximum Gasteiger partial charge on any atom is 0.265 e. The van der Waals surface area contributed by atoms with Gasteiger partial charge < -0.3 is 10.1 Å². The highest BCUT2D eigenvalue weighted by Crippen LogP contribution is 2.32. The topological polar surface area (TPSA) is 97.4 Å². The molecule has 0 aliphatic rings. The molecule has 10 heteroatoms. The molecule has 2 N–H and O–H groups in total. The molecule has 2 heterocycles. The number of carbonyl (C=O) groups excluding carboxylic acids is 1. The number of benzene rings is 1. The average molecular weight is 452 g/mol. The van der Waals surface area contributed by atoms with Gasteiger partial charge in [-0.2, -0.15) is 0 Å². The highest BCUT2D eigenvalue weighted by molar-refractivity contribution is 7.92. The van der Waals surface area contributed by atoms with E-state index in [-0.39, 0.29) is 16.6 Å². The first-order valence-electron chi connectivity index (χ1n) is 8.38. The minimum Gasteiger partial charge on any atom is -0.379 e. The maximum atomic E-state index is 12.8. The van der Waals surface area contributed by atoms with Gasteiger partial charge in [-0.15, -0.1) is 11.3 Å². The van der Waals surface area contributed by atoms with Gasteiger partial charge >= 0.3 is 0 Å². The highest BCUT2D eigenvalue weighted by Gasteiger charge is 2.17. The lowest BCUT2D eigenvalue weighted by Crippen LogP contribution is -2.12. The molecule has 29 heavy (non-hydrogen) atoms. The van der Waals surface area contributed by atoms with Crippen LogP contribution >= 0.6 is 22.9 Å². The lowest BCUT2D eigenvalue weighted by molar-refractivity contribution is 0.103. The third-order valence-electron chi connectivity index (χ3n) is 3.71. The van der Waals surface area contributed by atoms with E-state index < -0.39 is 10.0 Å². The summed E-state index contributed by atoms with van der Waals surface area (Å²) in [6, 6.07) is 11.8. The Morgan fingerprint density at radius 3 is 2.62 bits per heavy atom. The number of methoxy groups -OCH3 is 1. The van der Waals surface area contributed by atoms with Gasteiger partial charge in [0.05, 0.1) is 29.1 Å². The van der Waals surface area contributed by atoms with Crippen LogP contribution in [0.1, 0.15) is 14.5 Å². The van der Waals surface area contributed by atoms with E-state index in [0.717, 1.165) is 22.4 Å². The fraction of sp³-hybridized carbons (Fsp3) is 0.158. The number of nitrogens with zero attached hydrogens (tertiary/aromatic N) is 1. The smallest absolute Gasteiger partial charge is 0.265 e. The van der Waals surface area contributed by atoms with Crippen molar-refractivity contribution < 1.29 is 17.9 Å². The minimum absolute atomic E-state index is 0.260. The number of halogens is 1. The molecule has 3 rings (SSSR count). The predicted molar refractivity (Wildman–Crippen MR) is 116 cm³/mol. The zero-order valence-electron chi connectivity index (χ0n) is 15.6. The number of hydrogen-bond acceptors (Lipinski definition) is 6. The molecule has 1 aromatic carbocycles. The van der Waals surface area contributed by atoms with Crippen LogP contribution in [0, 0.1) is 0 Å². The lowest BCUT2D eigenvalue weighted by atomic mass is 10.1. The Hall–Kier alpha value is -2.46. The number of sulfonamides is 1. The summed E-state index contributed by atoms with van der Waals surface area (Å²) in [7, 11) is -1.88. The molecular weight excluding hydrogens is 434 g/mol. The third kappa shape index (κ3) is 5.77. The number of thiophene rings is 1. The normalized spacial score (nSPS) is 11.3. The summed E-state index contributed by atoms with van der Waals surface area (Å²) in [5, 5.41) is 3.04. The molecule has 0 atom stereocenters. The van der Waals surface area contributed by atoms with Crippen LogP contribution in [0.15, 0.2) is 48.7 Å². The average Bonchev–Trinajstić information content (AvgIpc) is 3.05. The molecule has 0 saturated heterocycles. The molecule has 7 nitrogen and oxygen atoms in total. The molecule has 0 aliphatic heterocycles. The number of amides is 1. The molecule has 152 valence electrons. The third-order valence-corrected chi connectivity index (χ3v) is 5.64. The largest absolute Gasteiger partial charge is 0.379 e. The first-order valence-corrected chi connectivity index (χ1v) is 11.5. The molecule has 0 aliphatic carbocycles. The van der Waals surface area contributed by atoms with Crippen LogP contribution < -0.4 is 10.0 Å². The van der Waals surface area contributed by atoms with Gasteiger partial charge in [0.25, 0.3) is 5.91 Å². The van der Waals surface area contributed by atoms with E-state index in [9.17, 15) is 13.2 Å². The van der Waals surface area contributed by atoms with Crippen molar-refractivity contribution in [2.75, 3.05) is 23.4 Å². The second kappa shape index (κ2) is 8.91. The van der Waals surface area contributed by atoms with Gasteiger partial charge in [-0.3, -0.25) is 14.5 Å². The van der Waals surface area contributed by atoms with Crippen molar-refractivity contribution in [1.82, 2.24) is 4.98 Å². The molecular formula is C19H18ClN3O4S2. The summed E-state index contributed by atoms with van der Waals surface area (Å²) in [6.07, 6.45) is 2.72. The van der Waals surface area contributed by atoms with Crippen molar-refractivity contribution >= 4 is 50.2 Å². The standard InChI is InChI=1S/C19H18ClN3O4S2/c1-27-11-18-15(16-5-3-4-6-21-16)10-17(28-18)19(24)22-13-7-12(20)8-14(9-13)23-29(2,25)26/h3-10,23H,11H2,1-2H3,(H,22,24). The van der Waals surface area contributed by atoms with Crippen LogP contribution in [0.25, 0.3) is 11.3 Å². The number of rotatable bonds is 7. The Morgan fingerprint density at radius 1 is 1.21 bits per heavy atom. The fourth-order valence-electron chi connectivity index (χ4n) is 2.65. The zero-order valence-corrected chi connectivity index (χ0v) is 18.0. The summed E-state index contributed by atoms with van der Waals surface area (Å²) >= 11 is 7.35. The monoisotopic (exact) mass is 451 g/mol. The number of carbonyl (C=O) groups is 1. The van der Waals surface area contributed by atoms with Crippen LogP contribution in [0.5, 0.6) is 0 Å². The summed E-state index contributed by atoms with van der Waals surface area (Å²) in [5.74, 6) is -0.345. The quantitative estimate of drug-likeness (QED) is 0.560. The second-order valence-electron chi connectivity index (χ2n) is 6.15. The molecule has 1 amide bonds. The van der Waals surface area contributed by atoms with Gasteiger partial charge in [0.1, 0.15) is 0 Å². The number of ether oxygens (including phenoxy) is 1. The molecule has 0 fully saturated rings. The Balaban J connectivity index is 1.88. The van der Waals surface area contributed by atoms with Gasteiger partial charge in [-0.05, 0) is 36.4 Å². The molecule has 0 radical (unpaired) electrons. The molecule has 0 spiro atoms. The van der Waals surface area contributed by atoms with Gasteiger partial charge in [0.15, 0.2) is 0 Å². The van der Waals surface area contributed by atoms with E-state index in [4.69, 9.17) is 16.3 Å². The van der Waals surface area contributed by atoms with Crippen LogP contribution in [0.4, 0.5) is 11.4 Å². The van der Waals surface area contributed by atoms with E-state index in [2.05, 4.69) is 15.0 Å². The van der Waals surface area contributed by atoms with Crippen molar-refractivity contribution in [3.8, 4) is 11.3 Å². The first kappa shape index (κ1) is 21.3. The van der Waals surface area contributed by atoms with Gasteiger partial charge in [0, 0.05) is 34.5 Å². The molecule has 0 bridgehead atoms. The van der Waals surface area contributed by atoms with Crippen LogP contribution in [-0.4, -0.2) is 32.7 Å². The highest BCUT2D eigenvalue weighted by atomic mass is 35.5. The Bertz CT molecular complexity index is 1130. The Labute approximate surface area is 177 Å². The minimum atomic E-state index is -3.47. The second-order valence-corrected chi connectivity index (χ2v) is 9.47. The van der Waals surface area contributed by atoms with E-state index in [1.54, 1.807) is 19.4 Å². The van der Waals surface area contributed by atoms with Crippen molar-refractivity contribution in [2.24, 2.45) is 0 Å². The number of nitrogens with one attached hydrogen (secondary N) is 2. The molecule has 3 aromatic rings. The van der Waals surface area contributed by atoms with Crippen molar-refractivity contribution in [2.45, 2.75) is 6.61 Å². The van der Waals surface area contributed by atoms with Crippen LogP contribution in [0.2, 0.25) is 5.02 Å². The Kier molecular flexibility index (Phi) is 6.53. The van der Waals surface area contributed by atoms with Gasteiger partial charge in [-0.25, -0.2) is 8.42 Å². The van der Waals surface area contributed by atoms with Crippen LogP contribution in [0.3, 0.4) is 0 Å². The SMILES string of the molecule is COCc1sc(C(=O)Nc2cc(Cl)cc(NS(C)(=O)=O)c2)cc1-c1ccccn1. The summed E-state index contributed by atoms with van der Waals surface area (Å²) < 4.78 is 30.5. The van der Waals surface area contributed by atoms with E-state index in [1.165, 1.54) is 29.5 Å². The van der Waals surface area contributed by atoms with Crippen LogP contribution in [-0.2, 0) is 21.4 Å². The van der Waals surface area contributed by atoms with Gasteiger partial charge in [0.2, 0.25) is 10.0 Å². The number of anilines is 2.